The average Bonchev–Trinajstić information content (AvgIpc) is 2.55. The quantitative estimate of drug-likeness (QED) is 0.858. The van der Waals surface area contributed by atoms with Gasteiger partial charge >= 0.3 is 6.03 Å². The van der Waals surface area contributed by atoms with Crippen molar-refractivity contribution in [2.75, 3.05) is 45.0 Å². The van der Waals surface area contributed by atoms with Gasteiger partial charge in [0.15, 0.2) is 0 Å². The van der Waals surface area contributed by atoms with E-state index in [1.54, 1.807) is 32.9 Å². The summed E-state index contributed by atoms with van der Waals surface area (Å²) >= 11 is 6.10. The van der Waals surface area contributed by atoms with Crippen molar-refractivity contribution >= 4 is 29.2 Å². The summed E-state index contributed by atoms with van der Waals surface area (Å²) in [5, 5.41) is 0.358. The predicted octanol–water partition coefficient (Wildman–Crippen LogP) is 2.14. The lowest BCUT2D eigenvalue weighted by Gasteiger charge is -2.37. The lowest BCUT2D eigenvalue weighted by Crippen LogP contribution is -2.54. The maximum Gasteiger partial charge on any atom is 0.320 e. The van der Waals surface area contributed by atoms with Crippen LogP contribution in [0.3, 0.4) is 0 Å². The molecule has 1 saturated heterocycles. The second-order valence-corrected chi connectivity index (χ2v) is 5.88. The molecule has 0 atom stereocenters. The van der Waals surface area contributed by atoms with E-state index in [9.17, 15) is 9.59 Å². The highest BCUT2D eigenvalue weighted by Gasteiger charge is 2.27. The van der Waals surface area contributed by atoms with Crippen molar-refractivity contribution in [2.24, 2.45) is 0 Å². The van der Waals surface area contributed by atoms with Crippen LogP contribution in [0.1, 0.15) is 24.2 Å². The molecule has 2 rings (SSSR count). The normalized spacial score (nSPS) is 14.7. The predicted molar refractivity (Wildman–Crippen MR) is 91.7 cm³/mol. The number of carbonyl (C=O) groups is 2. The third-order valence-electron chi connectivity index (χ3n) is 4.09. The van der Waals surface area contributed by atoms with Crippen LogP contribution in [0, 0.1) is 0 Å². The minimum absolute atomic E-state index is 0.0348. The van der Waals surface area contributed by atoms with E-state index in [1.165, 1.54) is 0 Å². The third kappa shape index (κ3) is 3.88. The van der Waals surface area contributed by atoms with Crippen LogP contribution in [0.15, 0.2) is 18.2 Å². The summed E-state index contributed by atoms with van der Waals surface area (Å²) in [6.07, 6.45) is 0. The van der Waals surface area contributed by atoms with Crippen LogP contribution in [0.2, 0.25) is 5.02 Å². The van der Waals surface area contributed by atoms with Crippen molar-refractivity contribution in [3.05, 3.63) is 28.8 Å². The molecule has 1 aliphatic heterocycles. The van der Waals surface area contributed by atoms with Crippen molar-refractivity contribution in [3.8, 4) is 0 Å². The van der Waals surface area contributed by atoms with E-state index in [4.69, 9.17) is 17.3 Å². The van der Waals surface area contributed by atoms with Crippen LogP contribution < -0.4 is 5.73 Å². The summed E-state index contributed by atoms with van der Waals surface area (Å²) < 4.78 is 0. The number of anilines is 1. The molecule has 0 radical (unpaired) electrons. The third-order valence-corrected chi connectivity index (χ3v) is 4.41. The Balaban J connectivity index is 1.98. The number of urea groups is 1. The monoisotopic (exact) mass is 338 g/mol. The standard InChI is InChI=1S/C16H23ClN4O2/c1-3-19(4-2)16(23)21-9-7-20(8-10-21)15(22)13-6-5-12(18)11-14(13)17/h5-6,11H,3-4,7-10,18H2,1-2H3. The molecular weight excluding hydrogens is 316 g/mol. The summed E-state index contributed by atoms with van der Waals surface area (Å²) in [6.45, 7) is 7.39. The number of nitrogen functional groups attached to an aromatic ring is 1. The second kappa shape index (κ2) is 7.55. The second-order valence-electron chi connectivity index (χ2n) is 5.47. The first-order valence-electron chi connectivity index (χ1n) is 7.86. The maximum atomic E-state index is 12.5. The number of rotatable bonds is 3. The Morgan fingerprint density at radius 3 is 2.22 bits per heavy atom. The first kappa shape index (κ1) is 17.4. The van der Waals surface area contributed by atoms with Crippen LogP contribution in [0.5, 0.6) is 0 Å². The van der Waals surface area contributed by atoms with E-state index in [2.05, 4.69) is 0 Å². The van der Waals surface area contributed by atoms with Crippen LogP contribution >= 0.6 is 11.6 Å². The molecule has 0 bridgehead atoms. The SMILES string of the molecule is CCN(CC)C(=O)N1CCN(C(=O)c2ccc(N)cc2Cl)CC1. The number of hydrogen-bond acceptors (Lipinski definition) is 3. The van der Waals surface area contributed by atoms with Gasteiger partial charge in [0, 0.05) is 45.0 Å². The lowest BCUT2D eigenvalue weighted by atomic mass is 10.1. The molecule has 0 unspecified atom stereocenters. The molecule has 1 heterocycles. The highest BCUT2D eigenvalue weighted by molar-refractivity contribution is 6.34. The highest BCUT2D eigenvalue weighted by Crippen LogP contribution is 2.21. The number of amides is 3. The lowest BCUT2D eigenvalue weighted by molar-refractivity contribution is 0.0641. The Hall–Kier alpha value is -1.95. The molecule has 0 saturated carbocycles. The van der Waals surface area contributed by atoms with Crippen molar-refractivity contribution < 1.29 is 9.59 Å². The van der Waals surface area contributed by atoms with Crippen molar-refractivity contribution in [1.29, 1.82) is 0 Å². The molecule has 0 aliphatic carbocycles. The minimum atomic E-state index is -0.120. The van der Waals surface area contributed by atoms with Gasteiger partial charge in [-0.1, -0.05) is 11.6 Å². The summed E-state index contributed by atoms with van der Waals surface area (Å²) in [5.74, 6) is -0.120. The molecule has 1 aliphatic rings. The smallest absolute Gasteiger partial charge is 0.320 e. The van der Waals surface area contributed by atoms with E-state index in [0.29, 0.717) is 55.5 Å². The van der Waals surface area contributed by atoms with E-state index < -0.39 is 0 Å². The Bertz CT molecular complexity index is 581. The number of nitrogens with zero attached hydrogens (tertiary/aromatic N) is 3. The number of piperazine rings is 1. The Labute approximate surface area is 141 Å². The fourth-order valence-corrected chi connectivity index (χ4v) is 2.94. The zero-order valence-corrected chi connectivity index (χ0v) is 14.3. The van der Waals surface area contributed by atoms with Gasteiger partial charge in [-0.05, 0) is 32.0 Å². The highest BCUT2D eigenvalue weighted by atomic mass is 35.5. The first-order valence-corrected chi connectivity index (χ1v) is 8.23. The van der Waals surface area contributed by atoms with Gasteiger partial charge in [-0.3, -0.25) is 4.79 Å². The molecule has 2 N–H and O–H groups in total. The summed E-state index contributed by atoms with van der Waals surface area (Å²) in [7, 11) is 0. The van der Waals surface area contributed by atoms with Crippen LogP contribution in [-0.4, -0.2) is 65.9 Å². The number of halogens is 1. The molecule has 0 spiro atoms. The van der Waals surface area contributed by atoms with E-state index in [-0.39, 0.29) is 11.9 Å². The van der Waals surface area contributed by atoms with E-state index in [0.717, 1.165) is 0 Å². The van der Waals surface area contributed by atoms with Gasteiger partial charge in [-0.2, -0.15) is 0 Å². The zero-order chi connectivity index (χ0) is 17.0. The van der Waals surface area contributed by atoms with Crippen LogP contribution in [-0.2, 0) is 0 Å². The van der Waals surface area contributed by atoms with Gasteiger partial charge in [-0.25, -0.2) is 4.79 Å². The zero-order valence-electron chi connectivity index (χ0n) is 13.6. The molecule has 7 heteroatoms. The van der Waals surface area contributed by atoms with Gasteiger partial charge < -0.3 is 20.4 Å². The fraction of sp³-hybridized carbons (Fsp3) is 0.500. The molecule has 126 valence electrons. The van der Waals surface area contributed by atoms with Gasteiger partial charge in [0.2, 0.25) is 0 Å². The topological polar surface area (TPSA) is 69.9 Å². The van der Waals surface area contributed by atoms with Crippen LogP contribution in [0.25, 0.3) is 0 Å². The number of carbonyl (C=O) groups excluding carboxylic acids is 2. The largest absolute Gasteiger partial charge is 0.399 e. The first-order chi connectivity index (χ1) is 11.0. The van der Waals surface area contributed by atoms with Gasteiger partial charge in [0.05, 0.1) is 10.6 Å². The fourth-order valence-electron chi connectivity index (χ4n) is 2.67. The molecule has 6 nitrogen and oxygen atoms in total. The Morgan fingerprint density at radius 2 is 1.70 bits per heavy atom. The van der Waals surface area contributed by atoms with Gasteiger partial charge in [0.25, 0.3) is 5.91 Å². The van der Waals surface area contributed by atoms with Gasteiger partial charge in [-0.15, -0.1) is 0 Å². The Kier molecular flexibility index (Phi) is 5.71. The molecular formula is C16H23ClN4O2. The molecule has 1 fully saturated rings. The molecule has 1 aromatic rings. The van der Waals surface area contributed by atoms with Crippen LogP contribution in [0.4, 0.5) is 10.5 Å². The summed E-state index contributed by atoms with van der Waals surface area (Å²) in [6, 6.07) is 4.93. The molecule has 23 heavy (non-hydrogen) atoms. The minimum Gasteiger partial charge on any atom is -0.399 e. The van der Waals surface area contributed by atoms with Crippen molar-refractivity contribution in [3.63, 3.8) is 0 Å². The van der Waals surface area contributed by atoms with Gasteiger partial charge in [0.1, 0.15) is 0 Å². The van der Waals surface area contributed by atoms with E-state index >= 15 is 0 Å². The van der Waals surface area contributed by atoms with E-state index in [1.807, 2.05) is 13.8 Å². The van der Waals surface area contributed by atoms with Crippen molar-refractivity contribution in [2.45, 2.75) is 13.8 Å². The van der Waals surface area contributed by atoms with Crippen molar-refractivity contribution in [1.82, 2.24) is 14.7 Å². The average molecular weight is 339 g/mol. The number of benzene rings is 1. The molecule has 1 aromatic carbocycles. The molecule has 0 aromatic heterocycles. The summed E-state index contributed by atoms with van der Waals surface area (Å²) in [5.41, 5.74) is 6.63. The molecule has 3 amide bonds. The Morgan fingerprint density at radius 1 is 1.13 bits per heavy atom. The number of hydrogen-bond donors (Lipinski definition) is 1. The number of nitrogens with two attached hydrogens (primary N) is 1. The summed E-state index contributed by atoms with van der Waals surface area (Å²) in [4.78, 5) is 30.2. The maximum absolute atomic E-state index is 12.5.